The maximum Gasteiger partial charge on any atom is 0.229 e. The number of aromatic nitrogens is 5. The van der Waals surface area contributed by atoms with E-state index < -0.39 is 5.82 Å². The largest absolute Gasteiger partial charge is 0.309 e. The molecule has 0 amide bonds. The lowest BCUT2D eigenvalue weighted by molar-refractivity contribution is 0.0834. The zero-order valence-electron chi connectivity index (χ0n) is 24.2. The first-order valence-electron chi connectivity index (χ1n) is 14.5. The van der Waals surface area contributed by atoms with E-state index in [9.17, 15) is 4.39 Å². The summed E-state index contributed by atoms with van der Waals surface area (Å²) in [5.41, 5.74) is 5.36. The van der Waals surface area contributed by atoms with Gasteiger partial charge in [-0.25, -0.2) is 19.3 Å². The zero-order valence-corrected chi connectivity index (χ0v) is 24.2. The van der Waals surface area contributed by atoms with Crippen molar-refractivity contribution in [3.63, 3.8) is 0 Å². The highest BCUT2D eigenvalue weighted by atomic mass is 19.1. The Kier molecular flexibility index (Phi) is 7.27. The molecule has 1 aromatic carbocycles. The standard InChI is InChI=1S/C31H39FN8/c1-19(2)30-24-16-21(6-8-27(24)37-38(30)5)29-25(32)17-33-31(36-29)35-28-9-7-22-18-40(15-12-26(22)34-28)23-10-13-39(14-11-23)20(3)4/h6-9,16-17,19-20,23H,10-15,18H2,1-5H3,(H,33,34,35,36). The average Bonchev–Trinajstić information content (AvgIpc) is 3.29. The van der Waals surface area contributed by atoms with Crippen molar-refractivity contribution in [2.75, 3.05) is 25.0 Å². The van der Waals surface area contributed by atoms with Crippen LogP contribution in [0.2, 0.25) is 0 Å². The van der Waals surface area contributed by atoms with Crippen LogP contribution in [0, 0.1) is 5.82 Å². The van der Waals surface area contributed by atoms with Gasteiger partial charge in [0.2, 0.25) is 5.95 Å². The first kappa shape index (κ1) is 26.8. The molecule has 210 valence electrons. The fourth-order valence-corrected chi connectivity index (χ4v) is 6.38. The van der Waals surface area contributed by atoms with Crippen molar-refractivity contribution in [2.24, 2.45) is 7.05 Å². The lowest BCUT2D eigenvalue weighted by atomic mass is 9.97. The highest BCUT2D eigenvalue weighted by molar-refractivity contribution is 5.86. The van der Waals surface area contributed by atoms with Gasteiger partial charge >= 0.3 is 0 Å². The molecular formula is C31H39FN8. The summed E-state index contributed by atoms with van der Waals surface area (Å²) in [4.78, 5) is 18.9. The number of halogens is 1. The number of benzene rings is 1. The molecule has 1 N–H and O–H groups in total. The minimum Gasteiger partial charge on any atom is -0.309 e. The number of hydrogen-bond donors (Lipinski definition) is 1. The van der Waals surface area contributed by atoms with Gasteiger partial charge in [-0.15, -0.1) is 0 Å². The summed E-state index contributed by atoms with van der Waals surface area (Å²) in [7, 11) is 1.95. The molecule has 5 heterocycles. The molecule has 0 radical (unpaired) electrons. The van der Waals surface area contributed by atoms with Gasteiger partial charge in [0, 0.05) is 61.0 Å². The maximum atomic E-state index is 14.9. The van der Waals surface area contributed by atoms with Crippen LogP contribution < -0.4 is 5.32 Å². The van der Waals surface area contributed by atoms with E-state index >= 15 is 0 Å². The molecule has 0 unspecified atom stereocenters. The second kappa shape index (κ2) is 10.9. The number of hydrogen-bond acceptors (Lipinski definition) is 7. The molecular weight excluding hydrogens is 503 g/mol. The first-order chi connectivity index (χ1) is 19.3. The van der Waals surface area contributed by atoms with E-state index in [1.807, 2.05) is 36.0 Å². The molecule has 0 bridgehead atoms. The summed E-state index contributed by atoms with van der Waals surface area (Å²) in [5.74, 6) is 0.837. The number of aryl methyl sites for hydroxylation is 1. The third-order valence-electron chi connectivity index (χ3n) is 8.51. The van der Waals surface area contributed by atoms with Crippen LogP contribution in [-0.2, 0) is 20.0 Å². The SMILES string of the molecule is CC(C)c1c2cc(-c3nc(Nc4ccc5c(n4)CCN(C4CCN(C(C)C)CC4)C5)ncc3F)ccc2nn1C. The number of fused-ring (bicyclic) bond motifs is 2. The molecule has 9 heteroatoms. The Morgan fingerprint density at radius 1 is 1.00 bits per heavy atom. The van der Waals surface area contributed by atoms with Crippen LogP contribution in [0.4, 0.5) is 16.2 Å². The van der Waals surface area contributed by atoms with Crippen molar-refractivity contribution in [1.29, 1.82) is 0 Å². The zero-order chi connectivity index (χ0) is 28.0. The monoisotopic (exact) mass is 542 g/mol. The van der Waals surface area contributed by atoms with Gasteiger partial charge in [0.15, 0.2) is 5.82 Å². The summed E-state index contributed by atoms with van der Waals surface area (Å²) in [6.07, 6.45) is 4.62. The summed E-state index contributed by atoms with van der Waals surface area (Å²) in [6.45, 7) is 13.2. The van der Waals surface area contributed by atoms with Crippen LogP contribution in [0.25, 0.3) is 22.2 Å². The Bertz CT molecular complexity index is 1520. The van der Waals surface area contributed by atoms with Gasteiger partial charge in [-0.1, -0.05) is 26.0 Å². The number of rotatable bonds is 6. The molecule has 2 aliphatic heterocycles. The molecule has 1 fully saturated rings. The number of anilines is 2. The molecule has 8 nitrogen and oxygen atoms in total. The van der Waals surface area contributed by atoms with Crippen molar-refractivity contribution in [2.45, 2.75) is 71.5 Å². The predicted molar refractivity (Wildman–Crippen MR) is 157 cm³/mol. The molecule has 3 aromatic heterocycles. The lowest BCUT2D eigenvalue weighted by Gasteiger charge is -2.41. The Morgan fingerprint density at radius 3 is 2.55 bits per heavy atom. The van der Waals surface area contributed by atoms with Crippen LogP contribution >= 0.6 is 0 Å². The van der Waals surface area contributed by atoms with Crippen molar-refractivity contribution in [3.8, 4) is 11.3 Å². The third kappa shape index (κ3) is 5.20. The van der Waals surface area contributed by atoms with E-state index in [0.717, 1.165) is 41.8 Å². The van der Waals surface area contributed by atoms with Crippen LogP contribution in [0.1, 0.15) is 63.4 Å². The average molecular weight is 543 g/mol. The number of pyridine rings is 1. The Hall–Kier alpha value is -3.43. The molecule has 0 saturated carbocycles. The fourth-order valence-electron chi connectivity index (χ4n) is 6.38. The minimum atomic E-state index is -0.461. The van der Waals surface area contributed by atoms with Crippen molar-refractivity contribution < 1.29 is 4.39 Å². The summed E-state index contributed by atoms with van der Waals surface area (Å²) in [6, 6.07) is 11.2. The molecule has 1 saturated heterocycles. The normalized spacial score (nSPS) is 17.2. The van der Waals surface area contributed by atoms with E-state index in [1.54, 1.807) is 0 Å². The molecule has 6 rings (SSSR count). The molecule has 0 aliphatic carbocycles. The van der Waals surface area contributed by atoms with Gasteiger partial charge in [-0.2, -0.15) is 5.10 Å². The van der Waals surface area contributed by atoms with E-state index in [4.69, 9.17) is 4.98 Å². The summed E-state index contributed by atoms with van der Waals surface area (Å²) in [5, 5.41) is 8.83. The second-order valence-electron chi connectivity index (χ2n) is 11.8. The van der Waals surface area contributed by atoms with Crippen molar-refractivity contribution in [3.05, 3.63) is 59.3 Å². The fraction of sp³-hybridized carbons (Fsp3) is 0.484. The van der Waals surface area contributed by atoms with Gasteiger partial charge < -0.3 is 10.2 Å². The minimum absolute atomic E-state index is 0.259. The Morgan fingerprint density at radius 2 is 1.80 bits per heavy atom. The number of nitrogens with one attached hydrogen (secondary N) is 1. The van der Waals surface area contributed by atoms with Gasteiger partial charge in [0.1, 0.15) is 11.5 Å². The van der Waals surface area contributed by atoms with E-state index in [2.05, 4.69) is 63.9 Å². The second-order valence-corrected chi connectivity index (χ2v) is 11.8. The lowest BCUT2D eigenvalue weighted by Crippen LogP contribution is -2.48. The smallest absolute Gasteiger partial charge is 0.229 e. The van der Waals surface area contributed by atoms with Crippen LogP contribution in [0.15, 0.2) is 36.5 Å². The Labute approximate surface area is 235 Å². The molecule has 0 spiro atoms. The van der Waals surface area contributed by atoms with Gasteiger partial charge in [-0.05, 0) is 69.5 Å². The highest BCUT2D eigenvalue weighted by Gasteiger charge is 2.28. The van der Waals surface area contributed by atoms with E-state index in [0.29, 0.717) is 29.4 Å². The molecule has 0 atom stereocenters. The van der Waals surface area contributed by atoms with Gasteiger partial charge in [0.25, 0.3) is 0 Å². The quantitative estimate of drug-likeness (QED) is 0.337. The van der Waals surface area contributed by atoms with Crippen LogP contribution in [0.3, 0.4) is 0 Å². The van der Waals surface area contributed by atoms with Gasteiger partial charge in [0.05, 0.1) is 11.7 Å². The van der Waals surface area contributed by atoms with Crippen LogP contribution in [0.5, 0.6) is 0 Å². The van der Waals surface area contributed by atoms with Gasteiger partial charge in [-0.3, -0.25) is 9.58 Å². The number of piperidine rings is 1. The first-order valence-corrected chi connectivity index (χ1v) is 14.5. The molecule has 40 heavy (non-hydrogen) atoms. The summed E-state index contributed by atoms with van der Waals surface area (Å²) < 4.78 is 16.8. The van der Waals surface area contributed by atoms with E-state index in [1.165, 1.54) is 37.7 Å². The number of nitrogens with zero attached hydrogens (tertiary/aromatic N) is 7. The van der Waals surface area contributed by atoms with Crippen molar-refractivity contribution >= 4 is 22.7 Å². The Balaban J connectivity index is 1.18. The van der Waals surface area contributed by atoms with Crippen LogP contribution in [-0.4, -0.2) is 66.3 Å². The third-order valence-corrected chi connectivity index (χ3v) is 8.51. The van der Waals surface area contributed by atoms with Crippen molar-refractivity contribution in [1.82, 2.24) is 34.5 Å². The van der Waals surface area contributed by atoms with E-state index in [-0.39, 0.29) is 11.6 Å². The topological polar surface area (TPSA) is 75.0 Å². The number of likely N-dealkylation sites (tertiary alicyclic amines) is 1. The molecule has 4 aromatic rings. The maximum absolute atomic E-state index is 14.9. The highest BCUT2D eigenvalue weighted by Crippen LogP contribution is 2.31. The summed E-state index contributed by atoms with van der Waals surface area (Å²) >= 11 is 0. The predicted octanol–water partition coefficient (Wildman–Crippen LogP) is 5.66. The molecule has 2 aliphatic rings.